The van der Waals surface area contributed by atoms with Crippen LogP contribution in [0.2, 0.25) is 5.15 Å². The van der Waals surface area contributed by atoms with Gasteiger partial charge >= 0.3 is 12.3 Å². The lowest BCUT2D eigenvalue weighted by Gasteiger charge is -2.00. The molecule has 0 N–H and O–H groups in total. The van der Waals surface area contributed by atoms with Gasteiger partial charge in [-0.3, -0.25) is 0 Å². The highest BCUT2D eigenvalue weighted by Crippen LogP contribution is 2.28. The van der Waals surface area contributed by atoms with Gasteiger partial charge in [0.1, 0.15) is 5.15 Å². The van der Waals surface area contributed by atoms with E-state index in [4.69, 9.17) is 11.6 Å². The van der Waals surface area contributed by atoms with Crippen LogP contribution < -0.4 is 9.47 Å². The molecule has 2 rings (SSSR count). The van der Waals surface area contributed by atoms with Crippen LogP contribution in [0.3, 0.4) is 0 Å². The molecule has 14 heavy (non-hydrogen) atoms. The first kappa shape index (κ1) is 8.76. The average Bonchev–Trinajstić information content (AvgIpc) is 2.21. The van der Waals surface area contributed by atoms with Crippen LogP contribution >= 0.6 is 11.6 Å². The van der Waals surface area contributed by atoms with Gasteiger partial charge in [0, 0.05) is 0 Å². The van der Waals surface area contributed by atoms with E-state index in [0.29, 0.717) is 0 Å². The molecular weight excluding hydrogens is 214 g/mol. The quantitative estimate of drug-likeness (QED) is 0.373. The largest absolute Gasteiger partial charge is 0.525 e. The molecule has 0 aromatic carbocycles. The van der Waals surface area contributed by atoms with Gasteiger partial charge in [0.25, 0.3) is 5.88 Å². The highest BCUT2D eigenvalue weighted by Gasteiger charge is 2.25. The van der Waals surface area contributed by atoms with Gasteiger partial charge in [0.05, 0.1) is 0 Å². The number of rotatable bonds is 0. The average molecular weight is 216 g/mol. The van der Waals surface area contributed by atoms with Crippen molar-refractivity contribution in [1.82, 2.24) is 4.98 Å². The fourth-order valence-corrected chi connectivity index (χ4v) is 0.974. The van der Waals surface area contributed by atoms with Crippen LogP contribution in [-0.4, -0.2) is 17.3 Å². The third-order valence-corrected chi connectivity index (χ3v) is 1.54. The predicted octanol–water partition coefficient (Wildman–Crippen LogP) is 1.76. The number of hydrogen-bond donors (Lipinski definition) is 0. The molecule has 1 aliphatic heterocycles. The Kier molecular flexibility index (Phi) is 1.97. The Morgan fingerprint density at radius 3 is 2.57 bits per heavy atom. The van der Waals surface area contributed by atoms with Gasteiger partial charge in [-0.2, -0.15) is 4.98 Å². The van der Waals surface area contributed by atoms with Crippen LogP contribution in [0.25, 0.3) is 0 Å². The summed E-state index contributed by atoms with van der Waals surface area (Å²) in [7, 11) is 0. The van der Waals surface area contributed by atoms with Crippen LogP contribution in [0, 0.1) is 0 Å². The molecule has 0 amide bonds. The molecule has 0 fully saturated rings. The van der Waals surface area contributed by atoms with Crippen LogP contribution in [0.1, 0.15) is 0 Å². The van der Waals surface area contributed by atoms with Crippen LogP contribution in [0.4, 0.5) is 9.59 Å². The molecule has 0 bridgehead atoms. The molecule has 0 saturated heterocycles. The number of aromatic nitrogens is 1. The first-order valence-corrected chi connectivity index (χ1v) is 3.81. The summed E-state index contributed by atoms with van der Waals surface area (Å²) in [6.45, 7) is 0. The minimum absolute atomic E-state index is 0.0229. The second-order valence-electron chi connectivity index (χ2n) is 2.24. The van der Waals surface area contributed by atoms with Gasteiger partial charge in [-0.05, 0) is 12.1 Å². The van der Waals surface area contributed by atoms with E-state index in [-0.39, 0.29) is 16.8 Å². The van der Waals surface area contributed by atoms with E-state index < -0.39 is 12.3 Å². The molecule has 7 heteroatoms. The standard InChI is InChI=1S/C7H2ClNO5/c8-4-2-1-3-5(9-4)13-7(11)14-6(10)12-3/h1-2H. The number of carbonyl (C=O) groups is 2. The molecule has 0 aliphatic carbocycles. The molecule has 0 unspecified atom stereocenters. The third-order valence-electron chi connectivity index (χ3n) is 1.33. The van der Waals surface area contributed by atoms with Crippen molar-refractivity contribution in [3.63, 3.8) is 0 Å². The maximum atomic E-state index is 10.7. The number of halogens is 1. The SMILES string of the molecule is O=C1OC(=O)Oc2nc(Cl)ccc2O1. The minimum atomic E-state index is -1.21. The van der Waals surface area contributed by atoms with Crippen LogP contribution in [-0.2, 0) is 4.74 Å². The molecule has 2 heterocycles. The van der Waals surface area contributed by atoms with Crippen molar-refractivity contribution in [3.8, 4) is 11.6 Å². The van der Waals surface area contributed by atoms with Crippen molar-refractivity contribution in [3.05, 3.63) is 17.3 Å². The van der Waals surface area contributed by atoms with Crippen LogP contribution in [0.5, 0.6) is 11.6 Å². The fraction of sp³-hybridized carbons (Fsp3) is 0. The van der Waals surface area contributed by atoms with Crippen molar-refractivity contribution >= 4 is 23.9 Å². The Hall–Kier alpha value is -1.82. The normalized spacial score (nSPS) is 14.6. The molecule has 1 aliphatic rings. The summed E-state index contributed by atoms with van der Waals surface area (Å²) < 4.78 is 13.1. The zero-order valence-corrected chi connectivity index (χ0v) is 7.28. The van der Waals surface area contributed by atoms with E-state index in [2.05, 4.69) is 19.2 Å². The van der Waals surface area contributed by atoms with Gasteiger partial charge in [0.15, 0.2) is 5.75 Å². The number of pyridine rings is 1. The highest BCUT2D eigenvalue weighted by atomic mass is 35.5. The number of hydrogen-bond acceptors (Lipinski definition) is 6. The third kappa shape index (κ3) is 1.60. The first-order chi connectivity index (χ1) is 6.65. The number of cyclic esters (lactones) is 2. The zero-order valence-electron chi connectivity index (χ0n) is 6.52. The van der Waals surface area contributed by atoms with E-state index in [1.165, 1.54) is 12.1 Å². The molecule has 0 radical (unpaired) electrons. The number of ether oxygens (including phenoxy) is 3. The summed E-state index contributed by atoms with van der Waals surface area (Å²) in [5.74, 6) is -0.224. The Labute approximate surface area is 82.3 Å². The van der Waals surface area contributed by atoms with Crippen molar-refractivity contribution in [2.45, 2.75) is 0 Å². The molecular formula is C7H2ClNO5. The summed E-state index contributed by atoms with van der Waals surface area (Å²) in [4.78, 5) is 25.1. The van der Waals surface area contributed by atoms with Crippen molar-refractivity contribution in [1.29, 1.82) is 0 Å². The van der Waals surface area contributed by atoms with Crippen LogP contribution in [0.15, 0.2) is 12.1 Å². The molecule has 6 nitrogen and oxygen atoms in total. The second kappa shape index (κ2) is 3.15. The van der Waals surface area contributed by atoms with Crippen molar-refractivity contribution in [2.75, 3.05) is 0 Å². The van der Waals surface area contributed by atoms with Crippen molar-refractivity contribution in [2.24, 2.45) is 0 Å². The topological polar surface area (TPSA) is 74.7 Å². The predicted molar refractivity (Wildman–Crippen MR) is 42.4 cm³/mol. The van der Waals surface area contributed by atoms with E-state index in [1.54, 1.807) is 0 Å². The Bertz CT molecular complexity index is 419. The number of carbonyl (C=O) groups excluding carboxylic acids is 2. The number of nitrogens with zero attached hydrogens (tertiary/aromatic N) is 1. The Balaban J connectivity index is 2.46. The lowest BCUT2D eigenvalue weighted by molar-refractivity contribution is 0.0993. The van der Waals surface area contributed by atoms with E-state index >= 15 is 0 Å². The van der Waals surface area contributed by atoms with Gasteiger partial charge < -0.3 is 14.2 Å². The smallest absolute Gasteiger partial charge is 0.389 e. The Morgan fingerprint density at radius 2 is 1.79 bits per heavy atom. The van der Waals surface area contributed by atoms with Gasteiger partial charge in [0.2, 0.25) is 0 Å². The zero-order chi connectivity index (χ0) is 10.1. The highest BCUT2D eigenvalue weighted by molar-refractivity contribution is 6.29. The molecule has 72 valence electrons. The molecule has 0 spiro atoms. The maximum Gasteiger partial charge on any atom is 0.525 e. The summed E-state index contributed by atoms with van der Waals surface area (Å²) in [6.07, 6.45) is -2.37. The van der Waals surface area contributed by atoms with E-state index in [9.17, 15) is 9.59 Å². The minimum Gasteiger partial charge on any atom is -0.389 e. The summed E-state index contributed by atoms with van der Waals surface area (Å²) >= 11 is 5.53. The van der Waals surface area contributed by atoms with E-state index in [1.807, 2.05) is 0 Å². The molecule has 0 atom stereocenters. The fourth-order valence-electron chi connectivity index (χ4n) is 0.834. The monoisotopic (exact) mass is 215 g/mol. The lowest BCUT2D eigenvalue weighted by atomic mass is 10.4. The lowest BCUT2D eigenvalue weighted by Crippen LogP contribution is -2.14. The summed E-state index contributed by atoms with van der Waals surface area (Å²) in [6, 6.07) is 2.72. The summed E-state index contributed by atoms with van der Waals surface area (Å²) in [5, 5.41) is 0.106. The Morgan fingerprint density at radius 1 is 1.07 bits per heavy atom. The molecule has 1 aromatic rings. The van der Waals surface area contributed by atoms with E-state index in [0.717, 1.165) is 0 Å². The second-order valence-corrected chi connectivity index (χ2v) is 2.63. The number of fused-ring (bicyclic) bond motifs is 1. The van der Waals surface area contributed by atoms with Gasteiger partial charge in [-0.15, -0.1) is 0 Å². The molecule has 1 aromatic heterocycles. The van der Waals surface area contributed by atoms with Crippen molar-refractivity contribution < 1.29 is 23.8 Å². The summed E-state index contributed by atoms with van der Waals surface area (Å²) in [5.41, 5.74) is 0. The maximum absolute atomic E-state index is 10.7. The molecule has 0 saturated carbocycles. The van der Waals surface area contributed by atoms with Gasteiger partial charge in [-0.1, -0.05) is 11.6 Å². The van der Waals surface area contributed by atoms with Gasteiger partial charge in [-0.25, -0.2) is 9.59 Å². The first-order valence-electron chi connectivity index (χ1n) is 3.43.